The highest BCUT2D eigenvalue weighted by molar-refractivity contribution is 14.0. The third kappa shape index (κ3) is 7.28. The van der Waals surface area contributed by atoms with Gasteiger partial charge < -0.3 is 15.4 Å². The fraction of sp³-hybridized carbons (Fsp3) is 0.316. The maximum Gasteiger partial charge on any atom is 0.238 e. The number of guanidine groups is 1. The Kier molecular flexibility index (Phi) is 9.70. The van der Waals surface area contributed by atoms with E-state index >= 15 is 0 Å². The first kappa shape index (κ1) is 24.2. The smallest absolute Gasteiger partial charge is 0.238 e. The summed E-state index contributed by atoms with van der Waals surface area (Å²) < 4.78 is 28.0. The second kappa shape index (κ2) is 11.2. The molecule has 0 heterocycles. The monoisotopic (exact) mass is 518 g/mol. The molecular formula is C19H27IN4O3S. The van der Waals surface area contributed by atoms with Crippen LogP contribution in [0, 0.1) is 6.92 Å². The van der Waals surface area contributed by atoms with Crippen LogP contribution in [-0.4, -0.2) is 35.1 Å². The van der Waals surface area contributed by atoms with Crippen molar-refractivity contribution in [2.45, 2.75) is 24.8 Å². The molecule has 0 fully saturated rings. The van der Waals surface area contributed by atoms with E-state index in [1.54, 1.807) is 26.3 Å². The zero-order valence-electron chi connectivity index (χ0n) is 16.2. The number of hydrogen-bond acceptors (Lipinski definition) is 4. The SMILES string of the molecule is CN=C(NCCc1ccc(S(N)(=O)=O)cc1)NCc1ccc(C)cc1OC.I. The van der Waals surface area contributed by atoms with Crippen LogP contribution in [0.5, 0.6) is 5.75 Å². The van der Waals surface area contributed by atoms with E-state index in [1.165, 1.54) is 12.1 Å². The number of hydrogen-bond donors (Lipinski definition) is 3. The fourth-order valence-electron chi connectivity index (χ4n) is 2.57. The molecule has 28 heavy (non-hydrogen) atoms. The van der Waals surface area contributed by atoms with E-state index in [2.05, 4.69) is 15.6 Å². The minimum absolute atomic E-state index is 0. The summed E-state index contributed by atoms with van der Waals surface area (Å²) in [4.78, 5) is 4.33. The van der Waals surface area contributed by atoms with Crippen LogP contribution in [0.3, 0.4) is 0 Å². The Labute approximate surface area is 183 Å². The van der Waals surface area contributed by atoms with E-state index in [0.717, 1.165) is 28.9 Å². The lowest BCUT2D eigenvalue weighted by molar-refractivity contribution is 0.408. The van der Waals surface area contributed by atoms with Crippen LogP contribution in [0.25, 0.3) is 0 Å². The van der Waals surface area contributed by atoms with Crippen molar-refractivity contribution in [3.05, 3.63) is 59.2 Å². The van der Waals surface area contributed by atoms with Gasteiger partial charge >= 0.3 is 0 Å². The summed E-state index contributed by atoms with van der Waals surface area (Å²) in [5.41, 5.74) is 3.20. The summed E-state index contributed by atoms with van der Waals surface area (Å²) in [5.74, 6) is 1.52. The summed E-state index contributed by atoms with van der Waals surface area (Å²) in [6.07, 6.45) is 0.722. The largest absolute Gasteiger partial charge is 0.496 e. The molecular weight excluding hydrogens is 491 g/mol. The van der Waals surface area contributed by atoms with Crippen LogP contribution in [0.15, 0.2) is 52.4 Å². The Morgan fingerprint density at radius 3 is 2.39 bits per heavy atom. The lowest BCUT2D eigenvalue weighted by atomic mass is 10.1. The summed E-state index contributed by atoms with van der Waals surface area (Å²) in [6, 6.07) is 12.6. The molecule has 0 aliphatic heterocycles. The lowest BCUT2D eigenvalue weighted by Crippen LogP contribution is -2.37. The number of rotatable bonds is 7. The van der Waals surface area contributed by atoms with Crippen molar-refractivity contribution >= 4 is 40.0 Å². The molecule has 0 aromatic heterocycles. The molecule has 0 spiro atoms. The van der Waals surface area contributed by atoms with Gasteiger partial charge in [-0.25, -0.2) is 13.6 Å². The number of benzene rings is 2. The van der Waals surface area contributed by atoms with Gasteiger partial charge in [0.25, 0.3) is 0 Å². The molecule has 0 saturated carbocycles. The molecule has 154 valence electrons. The molecule has 7 nitrogen and oxygen atoms in total. The van der Waals surface area contributed by atoms with Gasteiger partial charge in [-0.05, 0) is 42.7 Å². The number of sulfonamides is 1. The lowest BCUT2D eigenvalue weighted by Gasteiger charge is -2.14. The van der Waals surface area contributed by atoms with Crippen LogP contribution in [0.2, 0.25) is 0 Å². The summed E-state index contributed by atoms with van der Waals surface area (Å²) in [7, 11) is -0.285. The highest BCUT2D eigenvalue weighted by atomic mass is 127. The summed E-state index contributed by atoms with van der Waals surface area (Å²) in [5, 5.41) is 11.6. The molecule has 2 rings (SSSR count). The average Bonchev–Trinajstić information content (AvgIpc) is 2.64. The number of aliphatic imine (C=N–C) groups is 1. The Hall–Kier alpha value is -1.85. The van der Waals surface area contributed by atoms with E-state index < -0.39 is 10.0 Å². The van der Waals surface area contributed by atoms with Gasteiger partial charge in [-0.15, -0.1) is 24.0 Å². The van der Waals surface area contributed by atoms with Gasteiger partial charge in [0, 0.05) is 25.7 Å². The minimum atomic E-state index is -3.65. The number of nitrogens with one attached hydrogen (secondary N) is 2. The van der Waals surface area contributed by atoms with E-state index in [0.29, 0.717) is 19.0 Å². The van der Waals surface area contributed by atoms with Crippen molar-refractivity contribution in [2.75, 3.05) is 20.7 Å². The zero-order valence-corrected chi connectivity index (χ0v) is 19.4. The molecule has 2 aromatic rings. The standard InChI is InChI=1S/C19H26N4O3S.HI/c1-14-4-7-16(18(12-14)26-3)13-23-19(21-2)22-11-10-15-5-8-17(9-6-15)27(20,24)25;/h4-9,12H,10-11,13H2,1-3H3,(H2,20,24,25)(H2,21,22,23);1H. The third-order valence-electron chi connectivity index (χ3n) is 4.07. The molecule has 0 radical (unpaired) electrons. The Morgan fingerprint density at radius 2 is 1.82 bits per heavy atom. The van der Waals surface area contributed by atoms with E-state index in [4.69, 9.17) is 9.88 Å². The first-order valence-electron chi connectivity index (χ1n) is 8.53. The maximum absolute atomic E-state index is 11.3. The highest BCUT2D eigenvalue weighted by Crippen LogP contribution is 2.19. The van der Waals surface area contributed by atoms with Gasteiger partial charge in [-0.2, -0.15) is 0 Å². The van der Waals surface area contributed by atoms with Crippen molar-refractivity contribution in [1.29, 1.82) is 0 Å². The number of methoxy groups -OCH3 is 1. The first-order valence-corrected chi connectivity index (χ1v) is 10.1. The first-order chi connectivity index (χ1) is 12.8. The van der Waals surface area contributed by atoms with Crippen molar-refractivity contribution in [3.8, 4) is 5.75 Å². The van der Waals surface area contributed by atoms with Crippen LogP contribution < -0.4 is 20.5 Å². The zero-order chi connectivity index (χ0) is 19.9. The van der Waals surface area contributed by atoms with Gasteiger partial charge in [0.05, 0.1) is 12.0 Å². The topological polar surface area (TPSA) is 106 Å². The molecule has 0 aliphatic rings. The summed E-state index contributed by atoms with van der Waals surface area (Å²) >= 11 is 0. The number of aryl methyl sites for hydroxylation is 1. The van der Waals surface area contributed by atoms with Gasteiger partial charge in [-0.1, -0.05) is 24.3 Å². The molecule has 0 bridgehead atoms. The van der Waals surface area contributed by atoms with E-state index in [9.17, 15) is 8.42 Å². The summed E-state index contributed by atoms with van der Waals surface area (Å²) in [6.45, 7) is 3.27. The highest BCUT2D eigenvalue weighted by Gasteiger charge is 2.07. The van der Waals surface area contributed by atoms with Gasteiger partial charge in [-0.3, -0.25) is 4.99 Å². The minimum Gasteiger partial charge on any atom is -0.496 e. The predicted molar refractivity (Wildman–Crippen MR) is 123 cm³/mol. The predicted octanol–water partition coefficient (Wildman–Crippen LogP) is 2.18. The number of ether oxygens (including phenoxy) is 1. The normalized spacial score (nSPS) is 11.5. The van der Waals surface area contributed by atoms with E-state index in [-0.39, 0.29) is 28.9 Å². The molecule has 0 aliphatic carbocycles. The van der Waals surface area contributed by atoms with Gasteiger partial charge in [0.2, 0.25) is 10.0 Å². The molecule has 0 saturated heterocycles. The molecule has 0 unspecified atom stereocenters. The fourth-order valence-corrected chi connectivity index (χ4v) is 3.08. The second-order valence-electron chi connectivity index (χ2n) is 6.11. The second-order valence-corrected chi connectivity index (χ2v) is 7.67. The Bertz CT molecular complexity index is 900. The van der Waals surface area contributed by atoms with Crippen LogP contribution in [0.4, 0.5) is 0 Å². The Morgan fingerprint density at radius 1 is 1.14 bits per heavy atom. The quantitative estimate of drug-likeness (QED) is 0.296. The average molecular weight is 518 g/mol. The molecule has 9 heteroatoms. The van der Waals surface area contributed by atoms with Gasteiger partial charge in [0.1, 0.15) is 5.75 Å². The van der Waals surface area contributed by atoms with Gasteiger partial charge in [0.15, 0.2) is 5.96 Å². The number of primary sulfonamides is 1. The molecule has 0 atom stereocenters. The number of halogens is 1. The number of nitrogens with two attached hydrogens (primary N) is 1. The van der Waals surface area contributed by atoms with Crippen molar-refractivity contribution in [2.24, 2.45) is 10.1 Å². The van der Waals surface area contributed by atoms with Crippen LogP contribution in [0.1, 0.15) is 16.7 Å². The van der Waals surface area contributed by atoms with Crippen LogP contribution >= 0.6 is 24.0 Å². The maximum atomic E-state index is 11.3. The van der Waals surface area contributed by atoms with Crippen molar-refractivity contribution < 1.29 is 13.2 Å². The number of nitrogens with zero attached hydrogens (tertiary/aromatic N) is 1. The third-order valence-corrected chi connectivity index (χ3v) is 5.00. The molecule has 2 aromatic carbocycles. The van der Waals surface area contributed by atoms with Crippen molar-refractivity contribution in [3.63, 3.8) is 0 Å². The van der Waals surface area contributed by atoms with Crippen LogP contribution in [-0.2, 0) is 23.0 Å². The van der Waals surface area contributed by atoms with Crippen molar-refractivity contribution in [1.82, 2.24) is 10.6 Å². The molecule has 4 N–H and O–H groups in total. The Balaban J connectivity index is 0.00000392. The van der Waals surface area contributed by atoms with E-state index in [1.807, 2.05) is 25.1 Å². The molecule has 0 amide bonds.